The van der Waals surface area contributed by atoms with Gasteiger partial charge in [-0.25, -0.2) is 4.79 Å². The molecule has 3 aliphatic rings. The largest absolute Gasteiger partial charge is 0.504 e. The van der Waals surface area contributed by atoms with Crippen LogP contribution in [0.25, 0.3) is 0 Å². The van der Waals surface area contributed by atoms with E-state index in [4.69, 9.17) is 14.2 Å². The molecule has 2 saturated heterocycles. The number of carbonyl (C=O) groups is 2. The Balaban J connectivity index is 1.51. The van der Waals surface area contributed by atoms with Crippen molar-refractivity contribution in [3.63, 3.8) is 0 Å². The third-order valence-electron chi connectivity index (χ3n) is 7.96. The Morgan fingerprint density at radius 2 is 1.94 bits per heavy atom. The zero-order valence-corrected chi connectivity index (χ0v) is 20.5. The van der Waals surface area contributed by atoms with E-state index in [2.05, 4.69) is 17.0 Å². The number of anilines is 1. The van der Waals surface area contributed by atoms with E-state index < -0.39 is 5.41 Å². The van der Waals surface area contributed by atoms with Gasteiger partial charge in [-0.05, 0) is 67.6 Å². The molecule has 3 aliphatic heterocycles. The first kappa shape index (κ1) is 23.4. The van der Waals surface area contributed by atoms with Gasteiger partial charge in [0.25, 0.3) is 0 Å². The highest BCUT2D eigenvalue weighted by Crippen LogP contribution is 2.54. The van der Waals surface area contributed by atoms with Crippen molar-refractivity contribution in [1.29, 1.82) is 0 Å². The van der Waals surface area contributed by atoms with Crippen molar-refractivity contribution in [2.24, 2.45) is 5.92 Å². The van der Waals surface area contributed by atoms with Crippen molar-refractivity contribution in [2.75, 3.05) is 39.3 Å². The lowest BCUT2D eigenvalue weighted by Crippen LogP contribution is -2.52. The second kappa shape index (κ2) is 9.38. The van der Waals surface area contributed by atoms with E-state index in [9.17, 15) is 9.59 Å². The number of methoxy groups -OCH3 is 3. The number of hydrogen-bond donors (Lipinski definition) is 0. The van der Waals surface area contributed by atoms with Gasteiger partial charge in [-0.1, -0.05) is 30.3 Å². The third-order valence-corrected chi connectivity index (χ3v) is 7.96. The molecule has 0 saturated carbocycles. The van der Waals surface area contributed by atoms with Gasteiger partial charge in [0.05, 0.1) is 45.1 Å². The molecule has 184 valence electrons. The summed E-state index contributed by atoms with van der Waals surface area (Å²) in [7, 11) is 4.59. The van der Waals surface area contributed by atoms with Crippen LogP contribution >= 0.6 is 0 Å². The number of rotatable bonds is 6. The summed E-state index contributed by atoms with van der Waals surface area (Å²) in [6.45, 7) is 2.19. The minimum Gasteiger partial charge on any atom is -0.504 e. The summed E-state index contributed by atoms with van der Waals surface area (Å²) in [5.41, 5.74) is 3.02. The minimum absolute atomic E-state index is 0.00937. The fourth-order valence-electron chi connectivity index (χ4n) is 6.34. The summed E-state index contributed by atoms with van der Waals surface area (Å²) >= 11 is 0. The monoisotopic (exact) mass is 476 g/mol. The van der Waals surface area contributed by atoms with Gasteiger partial charge < -0.3 is 19.1 Å². The molecule has 0 N–H and O–H groups in total. The molecule has 0 aromatic heterocycles. The van der Waals surface area contributed by atoms with Gasteiger partial charge in [0.15, 0.2) is 0 Å². The highest BCUT2D eigenvalue weighted by atomic mass is 16.5. The number of benzene rings is 2. The number of nitrogens with zero attached hydrogens (tertiary/aromatic N) is 2. The average Bonchev–Trinajstić information content (AvgIpc) is 3.39. The van der Waals surface area contributed by atoms with E-state index in [-0.39, 0.29) is 23.8 Å². The van der Waals surface area contributed by atoms with Gasteiger partial charge in [-0.3, -0.25) is 9.69 Å². The summed E-state index contributed by atoms with van der Waals surface area (Å²) < 4.78 is 15.7. The smallest absolute Gasteiger partial charge is 0.337 e. The fraction of sp³-hybridized carbons (Fsp3) is 0.429. The van der Waals surface area contributed by atoms with Crippen LogP contribution in [-0.4, -0.2) is 57.2 Å². The number of piperidine rings is 1. The first-order chi connectivity index (χ1) is 17.0. The number of ether oxygens (including phenoxy) is 3. The predicted molar refractivity (Wildman–Crippen MR) is 132 cm³/mol. The molecule has 7 heteroatoms. The fourth-order valence-corrected chi connectivity index (χ4v) is 6.34. The number of carbonyl (C=O) groups excluding carboxylic acids is 2. The van der Waals surface area contributed by atoms with Gasteiger partial charge in [0, 0.05) is 11.7 Å². The molecule has 2 aromatic rings. The highest BCUT2D eigenvalue weighted by Gasteiger charge is 2.61. The van der Waals surface area contributed by atoms with Crippen LogP contribution in [0.5, 0.6) is 5.75 Å². The van der Waals surface area contributed by atoms with Crippen LogP contribution < -0.4 is 9.64 Å². The molecule has 3 heterocycles. The number of hydrogen-bond acceptors (Lipinski definition) is 6. The van der Waals surface area contributed by atoms with Crippen molar-refractivity contribution < 1.29 is 23.8 Å². The summed E-state index contributed by atoms with van der Waals surface area (Å²) in [5, 5.41) is 0. The Hall–Kier alpha value is -3.32. The molecule has 2 fully saturated rings. The van der Waals surface area contributed by atoms with Crippen molar-refractivity contribution in [1.82, 2.24) is 4.90 Å². The molecular formula is C28H32N2O5. The first-order valence-electron chi connectivity index (χ1n) is 12.1. The third kappa shape index (κ3) is 3.78. The lowest BCUT2D eigenvalue weighted by Gasteiger charge is -2.41. The second-order valence-corrected chi connectivity index (χ2v) is 9.55. The number of amides is 1. The van der Waals surface area contributed by atoms with Crippen LogP contribution in [0.3, 0.4) is 0 Å². The van der Waals surface area contributed by atoms with Crippen LogP contribution in [0.4, 0.5) is 5.69 Å². The number of esters is 1. The quantitative estimate of drug-likeness (QED) is 0.360. The summed E-state index contributed by atoms with van der Waals surface area (Å²) in [6, 6.07) is 16.1. The van der Waals surface area contributed by atoms with Gasteiger partial charge in [0.2, 0.25) is 5.91 Å². The van der Waals surface area contributed by atoms with Gasteiger partial charge in [-0.15, -0.1) is 0 Å². The van der Waals surface area contributed by atoms with Gasteiger partial charge in [-0.2, -0.15) is 0 Å². The van der Waals surface area contributed by atoms with Gasteiger partial charge in [0.1, 0.15) is 5.75 Å². The summed E-state index contributed by atoms with van der Waals surface area (Å²) in [5.74, 6) is 0.533. The lowest BCUT2D eigenvalue weighted by molar-refractivity contribution is -0.137. The van der Waals surface area contributed by atoms with Crippen LogP contribution in [0, 0.1) is 5.92 Å². The minimum atomic E-state index is -0.623. The Morgan fingerprint density at radius 1 is 1.11 bits per heavy atom. The van der Waals surface area contributed by atoms with E-state index >= 15 is 0 Å². The molecular weight excluding hydrogens is 444 g/mol. The predicted octanol–water partition coefficient (Wildman–Crippen LogP) is 3.67. The zero-order valence-electron chi connectivity index (χ0n) is 20.5. The molecule has 2 aromatic carbocycles. The Bertz CT molecular complexity index is 1160. The summed E-state index contributed by atoms with van der Waals surface area (Å²) in [4.78, 5) is 31.2. The number of fused-ring (bicyclic) bond motifs is 4. The first-order valence-corrected chi connectivity index (χ1v) is 12.1. The Labute approximate surface area is 206 Å². The molecule has 1 amide bonds. The number of para-hydroxylation sites is 1. The van der Waals surface area contributed by atoms with Crippen LogP contribution in [0.15, 0.2) is 60.4 Å². The van der Waals surface area contributed by atoms with Crippen molar-refractivity contribution >= 4 is 17.6 Å². The topological polar surface area (TPSA) is 68.3 Å². The van der Waals surface area contributed by atoms with Crippen molar-refractivity contribution in [2.45, 2.75) is 37.3 Å². The van der Waals surface area contributed by atoms with E-state index in [1.807, 2.05) is 41.3 Å². The molecule has 7 nitrogen and oxygen atoms in total. The summed E-state index contributed by atoms with van der Waals surface area (Å²) in [6.07, 6.45) is 3.82. The van der Waals surface area contributed by atoms with Gasteiger partial charge >= 0.3 is 5.97 Å². The van der Waals surface area contributed by atoms with Crippen molar-refractivity contribution in [3.05, 3.63) is 71.5 Å². The average molecular weight is 477 g/mol. The Morgan fingerprint density at radius 3 is 2.71 bits per heavy atom. The highest BCUT2D eigenvalue weighted by molar-refractivity contribution is 6.09. The zero-order chi connectivity index (χ0) is 24.6. The van der Waals surface area contributed by atoms with E-state index in [0.29, 0.717) is 18.5 Å². The van der Waals surface area contributed by atoms with Crippen LogP contribution in [0.1, 0.15) is 30.4 Å². The van der Waals surface area contributed by atoms with E-state index in [0.717, 1.165) is 48.5 Å². The Kier molecular flexibility index (Phi) is 6.28. The van der Waals surface area contributed by atoms with Crippen molar-refractivity contribution in [3.8, 4) is 5.75 Å². The lowest BCUT2D eigenvalue weighted by atomic mass is 9.70. The molecule has 0 aliphatic carbocycles. The maximum atomic E-state index is 14.3. The SMILES string of the molecule is CO/C=C(/C(=O)OC)C1CCN2CC[C@]3(C(=O)N(Cc4cccc(OC)c4)c4ccccc43)C2C1. The molecule has 0 bridgehead atoms. The maximum absolute atomic E-state index is 14.3. The molecule has 0 radical (unpaired) electrons. The second-order valence-electron chi connectivity index (χ2n) is 9.55. The standard InChI is InChI=1S/C28H32N2O5/c1-33-18-22(26(31)35-3)20-11-13-29-14-12-28(25(29)16-20)23-9-4-5-10-24(23)30(27(28)32)17-19-7-6-8-21(15-19)34-2/h4-10,15,18,20,25H,11-14,16-17H2,1-3H3/b22-18+/t20?,25?,28-/m1/s1. The molecule has 1 spiro atoms. The maximum Gasteiger partial charge on any atom is 0.337 e. The molecule has 5 rings (SSSR count). The normalized spacial score (nSPS) is 26.0. The molecule has 3 atom stereocenters. The molecule has 2 unspecified atom stereocenters. The molecule has 35 heavy (non-hydrogen) atoms. The van der Waals surface area contributed by atoms with Crippen LogP contribution in [0.2, 0.25) is 0 Å². The van der Waals surface area contributed by atoms with E-state index in [1.165, 1.54) is 13.4 Å². The van der Waals surface area contributed by atoms with Crippen LogP contribution in [-0.2, 0) is 31.0 Å². The van der Waals surface area contributed by atoms with E-state index in [1.54, 1.807) is 14.2 Å².